The average Bonchev–Trinajstić information content (AvgIpc) is 2.65. The highest BCUT2D eigenvalue weighted by Crippen LogP contribution is 2.18. The number of rotatable bonds is 7. The zero-order valence-corrected chi connectivity index (χ0v) is 13.7. The number of aromatic nitrogens is 2. The number of amides is 1. The summed E-state index contributed by atoms with van der Waals surface area (Å²) in [5.74, 6) is 0.140. The zero-order chi connectivity index (χ0) is 18.5. The van der Waals surface area contributed by atoms with Crippen molar-refractivity contribution in [3.63, 3.8) is 0 Å². The summed E-state index contributed by atoms with van der Waals surface area (Å²) in [6.45, 7) is 0.918. The molecule has 9 nitrogen and oxygen atoms in total. The van der Waals surface area contributed by atoms with Crippen molar-refractivity contribution in [1.29, 1.82) is 0 Å². The van der Waals surface area contributed by atoms with Gasteiger partial charge in [0.15, 0.2) is 0 Å². The summed E-state index contributed by atoms with van der Waals surface area (Å²) in [7, 11) is 0. The van der Waals surface area contributed by atoms with Gasteiger partial charge in [-0.25, -0.2) is 9.97 Å². The van der Waals surface area contributed by atoms with Crippen LogP contribution in [0.1, 0.15) is 10.4 Å². The number of para-hydroxylation sites is 1. The third-order valence-electron chi connectivity index (χ3n) is 3.67. The molecule has 0 fully saturated rings. The number of fused-ring (bicyclic) bond motifs is 1. The first-order valence-corrected chi connectivity index (χ1v) is 7.82. The molecule has 0 aliphatic carbocycles. The summed E-state index contributed by atoms with van der Waals surface area (Å²) in [6, 6.07) is 12.7. The number of pyridine rings is 2. The molecular formula is C17H16N6O3. The Kier molecular flexibility index (Phi) is 4.88. The highest BCUT2D eigenvalue weighted by molar-refractivity contribution is 5.98. The first-order chi connectivity index (χ1) is 12.5. The molecule has 0 radical (unpaired) electrons. The van der Waals surface area contributed by atoms with Crippen LogP contribution in [-0.2, 0) is 0 Å². The molecule has 9 heteroatoms. The molecule has 2 heterocycles. The van der Waals surface area contributed by atoms with Crippen LogP contribution in [0.4, 0.5) is 17.3 Å². The maximum atomic E-state index is 11.5. The second-order valence-corrected chi connectivity index (χ2v) is 5.45. The van der Waals surface area contributed by atoms with E-state index in [-0.39, 0.29) is 17.1 Å². The standard InChI is InChI=1S/C17H16N6O3/c18-16(24)13-9-12(23(25)26)10-21-17(13)20-8-7-19-15-6-5-11-3-1-2-4-14(11)22-15/h1-6,9-10H,7-8H2,(H2,18,24)(H,19,22)(H,20,21). The van der Waals surface area contributed by atoms with Gasteiger partial charge in [0, 0.05) is 24.5 Å². The van der Waals surface area contributed by atoms with Crippen molar-refractivity contribution in [2.45, 2.75) is 0 Å². The van der Waals surface area contributed by atoms with E-state index in [0.717, 1.165) is 29.0 Å². The molecule has 3 rings (SSSR count). The van der Waals surface area contributed by atoms with Gasteiger partial charge < -0.3 is 16.4 Å². The van der Waals surface area contributed by atoms with E-state index in [1.165, 1.54) is 0 Å². The number of nitrogens with one attached hydrogen (secondary N) is 2. The van der Waals surface area contributed by atoms with Crippen LogP contribution in [0.3, 0.4) is 0 Å². The Morgan fingerprint density at radius 1 is 1.15 bits per heavy atom. The number of hydrogen-bond donors (Lipinski definition) is 3. The van der Waals surface area contributed by atoms with Crippen LogP contribution < -0.4 is 16.4 Å². The number of carbonyl (C=O) groups is 1. The molecule has 2 aromatic heterocycles. The monoisotopic (exact) mass is 352 g/mol. The number of primary amides is 1. The topological polar surface area (TPSA) is 136 Å². The van der Waals surface area contributed by atoms with Gasteiger partial charge in [0.05, 0.1) is 16.0 Å². The number of hydrogen-bond acceptors (Lipinski definition) is 7. The first-order valence-electron chi connectivity index (χ1n) is 7.82. The van der Waals surface area contributed by atoms with E-state index < -0.39 is 10.8 Å². The van der Waals surface area contributed by atoms with Gasteiger partial charge in [-0.3, -0.25) is 14.9 Å². The Hall–Kier alpha value is -3.75. The van der Waals surface area contributed by atoms with Gasteiger partial charge in [-0.05, 0) is 18.2 Å². The number of nitrogens with two attached hydrogens (primary N) is 1. The lowest BCUT2D eigenvalue weighted by molar-refractivity contribution is -0.385. The summed E-state index contributed by atoms with van der Waals surface area (Å²) >= 11 is 0. The number of anilines is 2. The van der Waals surface area contributed by atoms with E-state index in [1.807, 2.05) is 36.4 Å². The van der Waals surface area contributed by atoms with Crippen LogP contribution >= 0.6 is 0 Å². The highest BCUT2D eigenvalue weighted by Gasteiger charge is 2.15. The fourth-order valence-corrected chi connectivity index (χ4v) is 2.42. The van der Waals surface area contributed by atoms with Crippen molar-refractivity contribution >= 4 is 34.1 Å². The van der Waals surface area contributed by atoms with Gasteiger partial charge >= 0.3 is 0 Å². The molecule has 0 atom stereocenters. The molecule has 1 amide bonds. The minimum absolute atomic E-state index is 0.0250. The molecule has 4 N–H and O–H groups in total. The van der Waals surface area contributed by atoms with Crippen molar-refractivity contribution in [2.75, 3.05) is 23.7 Å². The van der Waals surface area contributed by atoms with E-state index in [4.69, 9.17) is 5.73 Å². The number of nitrogens with zero attached hydrogens (tertiary/aromatic N) is 3. The van der Waals surface area contributed by atoms with E-state index in [0.29, 0.717) is 13.1 Å². The van der Waals surface area contributed by atoms with Crippen LogP contribution in [0.2, 0.25) is 0 Å². The van der Waals surface area contributed by atoms with Crippen molar-refractivity contribution in [3.8, 4) is 0 Å². The predicted octanol–water partition coefficient (Wildman–Crippen LogP) is 2.16. The summed E-state index contributed by atoms with van der Waals surface area (Å²) in [5, 5.41) is 17.9. The first kappa shape index (κ1) is 17.1. The third kappa shape index (κ3) is 3.83. The Bertz CT molecular complexity index is 976. The molecule has 0 aliphatic heterocycles. The Morgan fingerprint density at radius 3 is 2.69 bits per heavy atom. The van der Waals surface area contributed by atoms with Crippen molar-refractivity contribution < 1.29 is 9.72 Å². The Balaban J connectivity index is 1.62. The number of nitro groups is 1. The van der Waals surface area contributed by atoms with Crippen LogP contribution in [0.15, 0.2) is 48.7 Å². The van der Waals surface area contributed by atoms with Gasteiger partial charge in [0.25, 0.3) is 11.6 Å². The van der Waals surface area contributed by atoms with E-state index in [1.54, 1.807) is 0 Å². The second kappa shape index (κ2) is 7.43. The smallest absolute Gasteiger partial charge is 0.288 e. The summed E-state index contributed by atoms with van der Waals surface area (Å²) in [6.07, 6.45) is 1.08. The summed E-state index contributed by atoms with van der Waals surface area (Å²) < 4.78 is 0. The van der Waals surface area contributed by atoms with Crippen LogP contribution in [0, 0.1) is 10.1 Å². The summed E-state index contributed by atoms with van der Waals surface area (Å²) in [4.78, 5) is 30.0. The largest absolute Gasteiger partial charge is 0.368 e. The fourth-order valence-electron chi connectivity index (χ4n) is 2.42. The molecule has 26 heavy (non-hydrogen) atoms. The zero-order valence-electron chi connectivity index (χ0n) is 13.7. The highest BCUT2D eigenvalue weighted by atomic mass is 16.6. The van der Waals surface area contributed by atoms with Gasteiger partial charge in [0.1, 0.15) is 17.8 Å². The molecule has 132 valence electrons. The minimum Gasteiger partial charge on any atom is -0.368 e. The van der Waals surface area contributed by atoms with E-state index in [9.17, 15) is 14.9 Å². The quantitative estimate of drug-likeness (QED) is 0.337. The molecule has 0 saturated carbocycles. The Morgan fingerprint density at radius 2 is 1.92 bits per heavy atom. The predicted molar refractivity (Wildman–Crippen MR) is 98.1 cm³/mol. The number of carbonyl (C=O) groups excluding carboxylic acids is 1. The van der Waals surface area contributed by atoms with Crippen molar-refractivity contribution in [1.82, 2.24) is 9.97 Å². The van der Waals surface area contributed by atoms with E-state index in [2.05, 4.69) is 20.6 Å². The third-order valence-corrected chi connectivity index (χ3v) is 3.67. The van der Waals surface area contributed by atoms with Crippen molar-refractivity contribution in [3.05, 3.63) is 64.3 Å². The Labute approximate surface area is 148 Å². The fraction of sp³-hybridized carbons (Fsp3) is 0.118. The lowest BCUT2D eigenvalue weighted by Gasteiger charge is -2.10. The lowest BCUT2D eigenvalue weighted by Crippen LogP contribution is -2.19. The van der Waals surface area contributed by atoms with Gasteiger partial charge in [-0.2, -0.15) is 0 Å². The van der Waals surface area contributed by atoms with Crippen molar-refractivity contribution in [2.24, 2.45) is 5.73 Å². The SMILES string of the molecule is NC(=O)c1cc([N+](=O)[O-])cnc1NCCNc1ccc2ccccc2n1. The van der Waals surface area contributed by atoms with Gasteiger partial charge in [-0.1, -0.05) is 18.2 Å². The number of benzene rings is 1. The minimum atomic E-state index is -0.784. The molecular weight excluding hydrogens is 336 g/mol. The maximum absolute atomic E-state index is 11.5. The van der Waals surface area contributed by atoms with Crippen LogP contribution in [0.25, 0.3) is 10.9 Å². The molecule has 0 unspecified atom stereocenters. The van der Waals surface area contributed by atoms with Gasteiger partial charge in [-0.15, -0.1) is 0 Å². The van der Waals surface area contributed by atoms with Crippen LogP contribution in [-0.4, -0.2) is 33.9 Å². The second-order valence-electron chi connectivity index (χ2n) is 5.45. The molecule has 1 aromatic carbocycles. The lowest BCUT2D eigenvalue weighted by atomic mass is 10.2. The molecule has 3 aromatic rings. The van der Waals surface area contributed by atoms with E-state index >= 15 is 0 Å². The molecule has 0 saturated heterocycles. The maximum Gasteiger partial charge on any atom is 0.288 e. The molecule has 0 bridgehead atoms. The molecule has 0 aliphatic rings. The average molecular weight is 352 g/mol. The van der Waals surface area contributed by atoms with Crippen LogP contribution in [0.5, 0.6) is 0 Å². The molecule has 0 spiro atoms. The summed E-state index contributed by atoms with van der Waals surface area (Å²) in [5.41, 5.74) is 5.84. The normalized spacial score (nSPS) is 10.5. The van der Waals surface area contributed by atoms with Gasteiger partial charge in [0.2, 0.25) is 0 Å².